The molecule has 0 aliphatic carbocycles. The van der Waals surface area contributed by atoms with Crippen LogP contribution < -0.4 is 4.72 Å². The average Bonchev–Trinajstić information content (AvgIpc) is 2.61. The van der Waals surface area contributed by atoms with E-state index >= 15 is 0 Å². The normalized spacial score (nSPS) is 11.4. The van der Waals surface area contributed by atoms with Gasteiger partial charge in [-0.2, -0.15) is 0 Å². The number of halogens is 1. The number of hydrogen-bond acceptors (Lipinski definition) is 3. The van der Waals surface area contributed by atoms with E-state index in [0.29, 0.717) is 5.02 Å². The van der Waals surface area contributed by atoms with Gasteiger partial charge in [0.1, 0.15) is 0 Å². The van der Waals surface area contributed by atoms with Crippen molar-refractivity contribution in [3.63, 3.8) is 0 Å². The van der Waals surface area contributed by atoms with Gasteiger partial charge in [0.05, 0.1) is 10.6 Å². The summed E-state index contributed by atoms with van der Waals surface area (Å²) in [6.07, 6.45) is 1.70. The summed E-state index contributed by atoms with van der Waals surface area (Å²) < 4.78 is 27.5. The molecule has 4 nitrogen and oxygen atoms in total. The maximum atomic E-state index is 12.4. The summed E-state index contributed by atoms with van der Waals surface area (Å²) in [5.74, 6) is 0. The number of sulfonamides is 1. The molecule has 3 aromatic rings. The van der Waals surface area contributed by atoms with E-state index in [1.807, 2.05) is 37.3 Å². The van der Waals surface area contributed by atoms with Gasteiger partial charge in [-0.15, -0.1) is 0 Å². The van der Waals surface area contributed by atoms with E-state index in [-0.39, 0.29) is 11.4 Å². The second-order valence-corrected chi connectivity index (χ2v) is 7.86. The van der Waals surface area contributed by atoms with Gasteiger partial charge in [0.15, 0.2) is 0 Å². The van der Waals surface area contributed by atoms with Crippen molar-refractivity contribution < 1.29 is 8.42 Å². The van der Waals surface area contributed by atoms with Crippen LogP contribution in [0.25, 0.3) is 11.3 Å². The fourth-order valence-corrected chi connectivity index (χ4v) is 3.64. The fourth-order valence-electron chi connectivity index (χ4n) is 2.50. The van der Waals surface area contributed by atoms with Crippen LogP contribution in [0.15, 0.2) is 71.8 Å². The van der Waals surface area contributed by atoms with Crippen LogP contribution in [0.4, 0.5) is 0 Å². The van der Waals surface area contributed by atoms with E-state index in [2.05, 4.69) is 9.71 Å². The van der Waals surface area contributed by atoms with Crippen molar-refractivity contribution in [2.24, 2.45) is 0 Å². The summed E-state index contributed by atoms with van der Waals surface area (Å²) in [6, 6.07) is 17.7. The van der Waals surface area contributed by atoms with Crippen LogP contribution in [0.5, 0.6) is 0 Å². The van der Waals surface area contributed by atoms with Gasteiger partial charge in [-0.25, -0.2) is 13.1 Å². The lowest BCUT2D eigenvalue weighted by Crippen LogP contribution is -2.23. The molecule has 1 N–H and O–H groups in total. The molecular formula is C19H17ClN2O2S. The Morgan fingerprint density at radius 2 is 1.80 bits per heavy atom. The quantitative estimate of drug-likeness (QED) is 0.730. The van der Waals surface area contributed by atoms with Gasteiger partial charge in [-0.3, -0.25) is 4.98 Å². The Kier molecular flexibility index (Phi) is 5.18. The van der Waals surface area contributed by atoms with E-state index in [1.165, 1.54) is 12.1 Å². The number of aromatic nitrogens is 1. The third kappa shape index (κ3) is 4.25. The summed E-state index contributed by atoms with van der Waals surface area (Å²) in [4.78, 5) is 4.60. The highest BCUT2D eigenvalue weighted by Crippen LogP contribution is 2.22. The van der Waals surface area contributed by atoms with Crippen molar-refractivity contribution in [2.75, 3.05) is 0 Å². The highest BCUT2D eigenvalue weighted by Gasteiger charge is 2.15. The van der Waals surface area contributed by atoms with Crippen LogP contribution >= 0.6 is 11.6 Å². The van der Waals surface area contributed by atoms with Crippen LogP contribution in [0, 0.1) is 6.92 Å². The Morgan fingerprint density at radius 3 is 2.52 bits per heavy atom. The number of nitrogens with zero attached hydrogens (tertiary/aromatic N) is 1. The van der Waals surface area contributed by atoms with Gasteiger partial charge in [0.2, 0.25) is 10.0 Å². The summed E-state index contributed by atoms with van der Waals surface area (Å²) >= 11 is 5.81. The molecule has 0 fully saturated rings. The highest BCUT2D eigenvalue weighted by atomic mass is 35.5. The Labute approximate surface area is 152 Å². The minimum absolute atomic E-state index is 0.155. The smallest absolute Gasteiger partial charge is 0.240 e. The molecule has 0 aliphatic rings. The molecule has 0 radical (unpaired) electrons. The molecule has 0 bridgehead atoms. The second kappa shape index (κ2) is 7.35. The summed E-state index contributed by atoms with van der Waals surface area (Å²) in [5, 5.41) is 0.493. The van der Waals surface area contributed by atoms with Crippen molar-refractivity contribution in [3.05, 3.63) is 83.0 Å². The summed E-state index contributed by atoms with van der Waals surface area (Å²) in [6.45, 7) is 2.16. The minimum Gasteiger partial charge on any atom is -0.256 e. The molecule has 0 saturated heterocycles. The fraction of sp³-hybridized carbons (Fsp3) is 0.105. The zero-order valence-electron chi connectivity index (χ0n) is 13.6. The first-order chi connectivity index (χ1) is 12.0. The van der Waals surface area contributed by atoms with Crippen molar-refractivity contribution in [3.8, 4) is 11.3 Å². The lowest BCUT2D eigenvalue weighted by molar-refractivity contribution is 0.581. The maximum absolute atomic E-state index is 12.4. The van der Waals surface area contributed by atoms with Gasteiger partial charge in [-0.1, -0.05) is 41.4 Å². The minimum atomic E-state index is -3.62. The molecule has 3 rings (SSSR count). The molecule has 0 unspecified atom stereocenters. The van der Waals surface area contributed by atoms with Crippen LogP contribution in [0.1, 0.15) is 11.1 Å². The van der Waals surface area contributed by atoms with Gasteiger partial charge >= 0.3 is 0 Å². The number of nitrogens with one attached hydrogen (secondary N) is 1. The SMILES string of the molecule is Cc1cccc(-c2ncccc2CNS(=O)(=O)c2ccc(Cl)cc2)c1. The summed E-state index contributed by atoms with van der Waals surface area (Å²) in [5.41, 5.74) is 3.66. The topological polar surface area (TPSA) is 59.1 Å². The van der Waals surface area contributed by atoms with Gasteiger partial charge in [-0.05, 0) is 48.9 Å². The molecule has 0 saturated carbocycles. The maximum Gasteiger partial charge on any atom is 0.240 e. The van der Waals surface area contributed by atoms with E-state index < -0.39 is 10.0 Å². The number of pyridine rings is 1. The largest absolute Gasteiger partial charge is 0.256 e. The first-order valence-electron chi connectivity index (χ1n) is 7.72. The Hall–Kier alpha value is -2.21. The molecule has 0 atom stereocenters. The lowest BCUT2D eigenvalue weighted by Gasteiger charge is -2.11. The van der Waals surface area contributed by atoms with Crippen LogP contribution in [0.2, 0.25) is 5.02 Å². The molecule has 2 aromatic carbocycles. The second-order valence-electron chi connectivity index (χ2n) is 5.66. The van der Waals surface area contributed by atoms with Gasteiger partial charge in [0.25, 0.3) is 0 Å². The molecule has 1 heterocycles. The van der Waals surface area contributed by atoms with Crippen LogP contribution in [-0.4, -0.2) is 13.4 Å². The van der Waals surface area contributed by atoms with E-state index in [9.17, 15) is 8.42 Å². The molecule has 0 amide bonds. The molecule has 6 heteroatoms. The van der Waals surface area contributed by atoms with Crippen molar-refractivity contribution >= 4 is 21.6 Å². The zero-order valence-corrected chi connectivity index (χ0v) is 15.2. The number of hydrogen-bond donors (Lipinski definition) is 1. The third-order valence-electron chi connectivity index (χ3n) is 3.76. The molecule has 25 heavy (non-hydrogen) atoms. The standard InChI is InChI=1S/C19H17ClN2O2S/c1-14-4-2-5-15(12-14)19-16(6-3-11-21-19)13-22-25(23,24)18-9-7-17(20)8-10-18/h2-12,22H,13H2,1H3. The molecule has 0 spiro atoms. The van der Waals surface area contributed by atoms with Crippen molar-refractivity contribution in [1.82, 2.24) is 9.71 Å². The number of aryl methyl sites for hydroxylation is 1. The molecule has 1 aromatic heterocycles. The van der Waals surface area contributed by atoms with Crippen molar-refractivity contribution in [2.45, 2.75) is 18.4 Å². The first-order valence-corrected chi connectivity index (χ1v) is 9.58. The van der Waals surface area contributed by atoms with E-state index in [1.54, 1.807) is 24.4 Å². The molecule has 128 valence electrons. The van der Waals surface area contributed by atoms with Crippen LogP contribution in [0.3, 0.4) is 0 Å². The predicted octanol–water partition coefficient (Wildman–Crippen LogP) is 4.19. The van der Waals surface area contributed by atoms with E-state index in [0.717, 1.165) is 22.4 Å². The summed E-state index contributed by atoms with van der Waals surface area (Å²) in [7, 11) is -3.62. The monoisotopic (exact) mass is 372 g/mol. The third-order valence-corrected chi connectivity index (χ3v) is 5.43. The number of benzene rings is 2. The van der Waals surface area contributed by atoms with E-state index in [4.69, 9.17) is 11.6 Å². The first kappa shape index (κ1) is 17.6. The van der Waals surface area contributed by atoms with Crippen LogP contribution in [-0.2, 0) is 16.6 Å². The zero-order chi connectivity index (χ0) is 17.9. The van der Waals surface area contributed by atoms with Gasteiger partial charge in [0, 0.05) is 23.3 Å². The lowest BCUT2D eigenvalue weighted by atomic mass is 10.0. The van der Waals surface area contributed by atoms with Crippen molar-refractivity contribution in [1.29, 1.82) is 0 Å². The molecule has 0 aliphatic heterocycles. The average molecular weight is 373 g/mol. The Morgan fingerprint density at radius 1 is 1.04 bits per heavy atom. The Bertz CT molecular complexity index is 986. The highest BCUT2D eigenvalue weighted by molar-refractivity contribution is 7.89. The number of rotatable bonds is 5. The molecular weight excluding hydrogens is 356 g/mol. The predicted molar refractivity (Wildman–Crippen MR) is 99.9 cm³/mol. The van der Waals surface area contributed by atoms with Gasteiger partial charge < -0.3 is 0 Å². The Balaban J connectivity index is 1.86.